The summed E-state index contributed by atoms with van der Waals surface area (Å²) in [6, 6.07) is 7.48. The van der Waals surface area contributed by atoms with Crippen molar-refractivity contribution in [3.05, 3.63) is 47.7 Å². The molecule has 0 unspecified atom stereocenters. The molecule has 2 N–H and O–H groups in total. The van der Waals surface area contributed by atoms with Crippen molar-refractivity contribution in [2.75, 3.05) is 32.7 Å². The van der Waals surface area contributed by atoms with Crippen LogP contribution in [0, 0.1) is 5.92 Å². The molecule has 1 amide bonds. The topological polar surface area (TPSA) is 81.8 Å². The van der Waals surface area contributed by atoms with Crippen molar-refractivity contribution in [2.24, 2.45) is 5.92 Å². The number of hydrogen-bond acceptors (Lipinski definition) is 6. The highest BCUT2D eigenvalue weighted by Gasteiger charge is 2.20. The Morgan fingerprint density at radius 2 is 1.86 bits per heavy atom. The molecule has 1 aromatic heterocycles. The van der Waals surface area contributed by atoms with E-state index in [1.54, 1.807) is 6.07 Å². The summed E-state index contributed by atoms with van der Waals surface area (Å²) in [5.41, 5.74) is 1.30. The zero-order chi connectivity index (χ0) is 19.9. The number of oxazole rings is 1. The van der Waals surface area contributed by atoms with Gasteiger partial charge in [-0.25, -0.2) is 4.98 Å². The van der Waals surface area contributed by atoms with Gasteiger partial charge >= 0.3 is 0 Å². The van der Waals surface area contributed by atoms with E-state index in [-0.39, 0.29) is 5.91 Å². The van der Waals surface area contributed by atoms with Gasteiger partial charge in [0.1, 0.15) is 12.0 Å². The highest BCUT2D eigenvalue weighted by Crippen LogP contribution is 2.19. The van der Waals surface area contributed by atoms with Crippen LogP contribution in [0.25, 0.3) is 0 Å². The van der Waals surface area contributed by atoms with E-state index in [2.05, 4.69) is 33.9 Å². The SMILES string of the molecule is CC(C)CCNC(=O)c1coc(CN2CCN(Cc3ccccc3O)CC2)n1. The number of amides is 1. The number of piperazine rings is 1. The van der Waals surface area contributed by atoms with Gasteiger partial charge in [0.2, 0.25) is 5.89 Å². The predicted molar refractivity (Wildman–Crippen MR) is 107 cm³/mol. The van der Waals surface area contributed by atoms with E-state index in [0.29, 0.717) is 36.3 Å². The van der Waals surface area contributed by atoms with Gasteiger partial charge in [0.05, 0.1) is 6.54 Å². The standard InChI is InChI=1S/C21H30N4O3/c1-16(2)7-8-22-21(27)18-15-28-20(23-18)14-25-11-9-24(10-12-25)13-17-5-3-4-6-19(17)26/h3-6,15-16,26H,7-14H2,1-2H3,(H,22,27). The average molecular weight is 386 g/mol. The number of aromatic nitrogens is 1. The Morgan fingerprint density at radius 3 is 2.54 bits per heavy atom. The lowest BCUT2D eigenvalue weighted by molar-refractivity contribution is 0.0946. The third kappa shape index (κ3) is 5.81. The fraction of sp³-hybridized carbons (Fsp3) is 0.524. The second-order valence-electron chi connectivity index (χ2n) is 7.75. The van der Waals surface area contributed by atoms with Crippen LogP contribution < -0.4 is 5.32 Å². The highest BCUT2D eigenvalue weighted by atomic mass is 16.3. The van der Waals surface area contributed by atoms with E-state index in [0.717, 1.165) is 44.7 Å². The lowest BCUT2D eigenvalue weighted by Crippen LogP contribution is -2.45. The molecule has 1 saturated heterocycles. The quantitative estimate of drug-likeness (QED) is 0.725. The monoisotopic (exact) mass is 386 g/mol. The zero-order valence-electron chi connectivity index (χ0n) is 16.7. The third-order valence-electron chi connectivity index (χ3n) is 5.00. The van der Waals surface area contributed by atoms with E-state index in [4.69, 9.17) is 4.42 Å². The fourth-order valence-electron chi connectivity index (χ4n) is 3.23. The Labute approximate surface area is 166 Å². The molecular weight excluding hydrogens is 356 g/mol. The Balaban J connectivity index is 1.43. The fourth-order valence-corrected chi connectivity index (χ4v) is 3.23. The first-order valence-electron chi connectivity index (χ1n) is 9.95. The summed E-state index contributed by atoms with van der Waals surface area (Å²) >= 11 is 0. The van der Waals surface area contributed by atoms with Crippen molar-refractivity contribution in [3.63, 3.8) is 0 Å². The number of benzene rings is 1. The van der Waals surface area contributed by atoms with Crippen molar-refractivity contribution in [3.8, 4) is 5.75 Å². The molecule has 28 heavy (non-hydrogen) atoms. The Bertz CT molecular complexity index is 767. The average Bonchev–Trinajstić information content (AvgIpc) is 3.13. The summed E-state index contributed by atoms with van der Waals surface area (Å²) in [4.78, 5) is 21.0. The maximum atomic E-state index is 12.1. The molecule has 3 rings (SSSR count). The van der Waals surface area contributed by atoms with Crippen LogP contribution in [-0.4, -0.2) is 58.5 Å². The maximum absolute atomic E-state index is 12.1. The normalized spacial score (nSPS) is 15.8. The molecule has 152 valence electrons. The molecule has 1 fully saturated rings. The molecular formula is C21H30N4O3. The molecule has 0 bridgehead atoms. The number of rotatable bonds is 8. The number of carbonyl (C=O) groups excluding carboxylic acids is 1. The largest absolute Gasteiger partial charge is 0.508 e. The first-order valence-corrected chi connectivity index (χ1v) is 9.95. The number of nitrogens with zero attached hydrogens (tertiary/aromatic N) is 3. The Morgan fingerprint density at radius 1 is 1.18 bits per heavy atom. The molecule has 2 aromatic rings. The van der Waals surface area contributed by atoms with Crippen molar-refractivity contribution < 1.29 is 14.3 Å². The number of aromatic hydroxyl groups is 1. The minimum absolute atomic E-state index is 0.178. The van der Waals surface area contributed by atoms with Crippen LogP contribution >= 0.6 is 0 Å². The van der Waals surface area contributed by atoms with Gasteiger partial charge in [0.15, 0.2) is 5.69 Å². The van der Waals surface area contributed by atoms with Gasteiger partial charge in [-0.2, -0.15) is 0 Å². The van der Waals surface area contributed by atoms with Gasteiger partial charge in [-0.15, -0.1) is 0 Å². The first kappa shape index (κ1) is 20.4. The summed E-state index contributed by atoms with van der Waals surface area (Å²) in [6.45, 7) is 9.87. The van der Waals surface area contributed by atoms with Crippen LogP contribution in [0.4, 0.5) is 0 Å². The minimum Gasteiger partial charge on any atom is -0.508 e. The second kappa shape index (κ2) is 9.71. The van der Waals surface area contributed by atoms with Gasteiger partial charge < -0.3 is 14.8 Å². The van der Waals surface area contributed by atoms with E-state index >= 15 is 0 Å². The smallest absolute Gasteiger partial charge is 0.273 e. The molecule has 1 aliphatic heterocycles. The number of carbonyl (C=O) groups is 1. The minimum atomic E-state index is -0.178. The molecule has 0 atom stereocenters. The van der Waals surface area contributed by atoms with Gasteiger partial charge in [-0.05, 0) is 18.4 Å². The van der Waals surface area contributed by atoms with Crippen molar-refractivity contribution >= 4 is 5.91 Å². The van der Waals surface area contributed by atoms with Crippen molar-refractivity contribution in [1.29, 1.82) is 0 Å². The van der Waals surface area contributed by atoms with E-state index in [1.165, 1.54) is 6.26 Å². The molecule has 1 aliphatic rings. The molecule has 2 heterocycles. The van der Waals surface area contributed by atoms with Crippen LogP contribution in [0.5, 0.6) is 5.75 Å². The van der Waals surface area contributed by atoms with E-state index < -0.39 is 0 Å². The lowest BCUT2D eigenvalue weighted by Gasteiger charge is -2.34. The van der Waals surface area contributed by atoms with Crippen LogP contribution in [0.3, 0.4) is 0 Å². The Hall–Kier alpha value is -2.38. The maximum Gasteiger partial charge on any atom is 0.273 e. The summed E-state index contributed by atoms with van der Waals surface area (Å²) in [6.07, 6.45) is 2.38. The van der Waals surface area contributed by atoms with Crippen LogP contribution in [0.15, 0.2) is 34.9 Å². The van der Waals surface area contributed by atoms with E-state index in [1.807, 2.05) is 18.2 Å². The number of nitrogens with one attached hydrogen (secondary N) is 1. The second-order valence-corrected chi connectivity index (χ2v) is 7.75. The number of hydrogen-bond donors (Lipinski definition) is 2. The van der Waals surface area contributed by atoms with Crippen LogP contribution in [-0.2, 0) is 13.1 Å². The molecule has 0 saturated carbocycles. The summed E-state index contributed by atoms with van der Waals surface area (Å²) in [7, 11) is 0. The molecule has 1 aromatic carbocycles. The molecule has 0 aliphatic carbocycles. The van der Waals surface area contributed by atoms with Gasteiger partial charge in [-0.3, -0.25) is 14.6 Å². The highest BCUT2D eigenvalue weighted by molar-refractivity contribution is 5.91. The number of phenolic OH excluding ortho intramolecular Hbond substituents is 1. The van der Waals surface area contributed by atoms with Crippen LogP contribution in [0.1, 0.15) is 42.2 Å². The molecule has 7 nitrogen and oxygen atoms in total. The van der Waals surface area contributed by atoms with Gasteiger partial charge in [-0.1, -0.05) is 32.0 Å². The third-order valence-corrected chi connectivity index (χ3v) is 5.00. The van der Waals surface area contributed by atoms with Gasteiger partial charge in [0, 0.05) is 44.8 Å². The first-order chi connectivity index (χ1) is 13.5. The molecule has 0 spiro atoms. The van der Waals surface area contributed by atoms with Crippen molar-refractivity contribution in [1.82, 2.24) is 20.1 Å². The van der Waals surface area contributed by atoms with E-state index in [9.17, 15) is 9.90 Å². The summed E-state index contributed by atoms with van der Waals surface area (Å²) < 4.78 is 5.49. The van der Waals surface area contributed by atoms with Gasteiger partial charge in [0.25, 0.3) is 5.91 Å². The summed E-state index contributed by atoms with van der Waals surface area (Å²) in [5, 5.41) is 12.8. The van der Waals surface area contributed by atoms with Crippen LogP contribution in [0.2, 0.25) is 0 Å². The number of para-hydroxylation sites is 1. The Kier molecular flexibility index (Phi) is 7.06. The number of phenols is 1. The molecule has 0 radical (unpaired) electrons. The van der Waals surface area contributed by atoms with Crippen molar-refractivity contribution in [2.45, 2.75) is 33.4 Å². The summed E-state index contributed by atoms with van der Waals surface area (Å²) in [5.74, 6) is 1.30. The predicted octanol–water partition coefficient (Wildman–Crippen LogP) is 2.47. The lowest BCUT2D eigenvalue weighted by atomic mass is 10.1. The molecule has 7 heteroatoms. The zero-order valence-corrected chi connectivity index (χ0v) is 16.7.